The van der Waals surface area contributed by atoms with E-state index in [2.05, 4.69) is 29.5 Å². The summed E-state index contributed by atoms with van der Waals surface area (Å²) in [5, 5.41) is 6.16. The van der Waals surface area contributed by atoms with Gasteiger partial charge in [-0.15, -0.1) is 0 Å². The highest BCUT2D eigenvalue weighted by molar-refractivity contribution is 5.74. The Morgan fingerprint density at radius 2 is 2.14 bits per heavy atom. The fourth-order valence-corrected chi connectivity index (χ4v) is 3.89. The van der Waals surface area contributed by atoms with Gasteiger partial charge in [0, 0.05) is 37.2 Å². The minimum Gasteiger partial charge on any atom is -0.378 e. The predicted molar refractivity (Wildman–Crippen MR) is 82.3 cm³/mol. The molecule has 120 valence electrons. The summed E-state index contributed by atoms with van der Waals surface area (Å²) in [7, 11) is 2.14. The minimum atomic E-state index is -0.00887. The maximum Gasteiger partial charge on any atom is 0.315 e. The van der Waals surface area contributed by atoms with Crippen molar-refractivity contribution in [2.45, 2.75) is 63.6 Å². The summed E-state index contributed by atoms with van der Waals surface area (Å²) in [6.45, 7) is 4.50. The van der Waals surface area contributed by atoms with E-state index in [9.17, 15) is 4.79 Å². The number of hydrogen-bond donors (Lipinski definition) is 2. The van der Waals surface area contributed by atoms with Crippen molar-refractivity contribution in [3.63, 3.8) is 0 Å². The van der Waals surface area contributed by atoms with Crippen molar-refractivity contribution in [2.75, 3.05) is 26.7 Å². The van der Waals surface area contributed by atoms with Crippen LogP contribution in [0.3, 0.4) is 0 Å². The van der Waals surface area contributed by atoms with Gasteiger partial charge in [-0.05, 0) is 46.1 Å². The zero-order chi connectivity index (χ0) is 14.9. The van der Waals surface area contributed by atoms with Crippen molar-refractivity contribution in [1.29, 1.82) is 0 Å². The van der Waals surface area contributed by atoms with Crippen molar-refractivity contribution in [1.82, 2.24) is 15.5 Å². The molecule has 1 spiro atoms. The SMILES string of the molecule is CCO[C@H]1C[C@@H](NC(=O)NCCN(C)C2CC2)C12CCC2. The van der Waals surface area contributed by atoms with E-state index < -0.39 is 0 Å². The number of nitrogens with one attached hydrogen (secondary N) is 2. The van der Waals surface area contributed by atoms with Gasteiger partial charge in [-0.3, -0.25) is 0 Å². The summed E-state index contributed by atoms with van der Waals surface area (Å²) in [5.74, 6) is 0. The third-order valence-electron chi connectivity index (χ3n) is 5.66. The number of amides is 2. The Morgan fingerprint density at radius 1 is 1.38 bits per heavy atom. The van der Waals surface area contributed by atoms with Crippen LogP contribution in [0.15, 0.2) is 0 Å². The lowest BCUT2D eigenvalue weighted by Crippen LogP contribution is -2.68. The van der Waals surface area contributed by atoms with Crippen molar-refractivity contribution < 1.29 is 9.53 Å². The molecule has 0 heterocycles. The van der Waals surface area contributed by atoms with E-state index in [-0.39, 0.29) is 11.4 Å². The second-order valence-corrected chi connectivity index (χ2v) is 6.93. The Hall–Kier alpha value is -0.810. The van der Waals surface area contributed by atoms with E-state index in [1.807, 2.05) is 0 Å². The van der Waals surface area contributed by atoms with Crippen LogP contribution in [0.4, 0.5) is 4.79 Å². The normalized spacial score (nSPS) is 29.9. The van der Waals surface area contributed by atoms with Crippen LogP contribution in [0, 0.1) is 5.41 Å². The molecule has 0 aromatic carbocycles. The molecule has 3 aliphatic rings. The summed E-state index contributed by atoms with van der Waals surface area (Å²) < 4.78 is 5.81. The molecule has 0 unspecified atom stereocenters. The topological polar surface area (TPSA) is 53.6 Å². The lowest BCUT2D eigenvalue weighted by Gasteiger charge is -2.60. The van der Waals surface area contributed by atoms with Crippen LogP contribution in [-0.4, -0.2) is 55.9 Å². The van der Waals surface area contributed by atoms with Crippen LogP contribution in [0.1, 0.15) is 45.4 Å². The number of carbonyl (C=O) groups is 1. The number of ether oxygens (including phenoxy) is 1. The molecule has 2 amide bonds. The molecule has 0 bridgehead atoms. The largest absolute Gasteiger partial charge is 0.378 e. The molecule has 0 aliphatic heterocycles. The molecule has 2 N–H and O–H groups in total. The molecular formula is C16H29N3O2. The smallest absolute Gasteiger partial charge is 0.315 e. The molecule has 0 aromatic heterocycles. The number of rotatable bonds is 7. The zero-order valence-corrected chi connectivity index (χ0v) is 13.4. The molecular weight excluding hydrogens is 266 g/mol. The van der Waals surface area contributed by atoms with E-state index in [0.717, 1.165) is 32.2 Å². The van der Waals surface area contributed by atoms with Gasteiger partial charge in [0.2, 0.25) is 0 Å². The fraction of sp³-hybridized carbons (Fsp3) is 0.938. The highest BCUT2D eigenvalue weighted by Crippen LogP contribution is 2.57. The number of hydrogen-bond acceptors (Lipinski definition) is 3. The van der Waals surface area contributed by atoms with Gasteiger partial charge >= 0.3 is 6.03 Å². The Balaban J connectivity index is 1.37. The Morgan fingerprint density at radius 3 is 2.71 bits per heavy atom. The molecule has 0 aromatic rings. The summed E-state index contributed by atoms with van der Waals surface area (Å²) >= 11 is 0. The number of urea groups is 1. The first-order chi connectivity index (χ1) is 10.2. The van der Waals surface area contributed by atoms with Gasteiger partial charge in [0.25, 0.3) is 0 Å². The molecule has 3 saturated carbocycles. The van der Waals surface area contributed by atoms with Gasteiger partial charge < -0.3 is 20.3 Å². The molecule has 3 fully saturated rings. The second-order valence-electron chi connectivity index (χ2n) is 6.93. The van der Waals surface area contributed by atoms with Crippen LogP contribution in [0.2, 0.25) is 0 Å². The Labute approximate surface area is 127 Å². The van der Waals surface area contributed by atoms with Crippen molar-refractivity contribution >= 4 is 6.03 Å². The number of nitrogens with zero attached hydrogens (tertiary/aromatic N) is 1. The van der Waals surface area contributed by atoms with Crippen molar-refractivity contribution in [2.24, 2.45) is 5.41 Å². The minimum absolute atomic E-state index is 0.00887. The average molecular weight is 295 g/mol. The average Bonchev–Trinajstić information content (AvgIpc) is 3.19. The molecule has 0 saturated heterocycles. The fourth-order valence-electron chi connectivity index (χ4n) is 3.89. The molecule has 3 rings (SSSR count). The molecule has 21 heavy (non-hydrogen) atoms. The summed E-state index contributed by atoms with van der Waals surface area (Å²) in [6, 6.07) is 1.06. The first-order valence-corrected chi connectivity index (χ1v) is 8.52. The first kappa shape index (κ1) is 15.1. The highest BCUT2D eigenvalue weighted by atomic mass is 16.5. The van der Waals surface area contributed by atoms with E-state index in [0.29, 0.717) is 12.1 Å². The van der Waals surface area contributed by atoms with E-state index in [1.165, 1.54) is 32.1 Å². The van der Waals surface area contributed by atoms with Gasteiger partial charge in [-0.1, -0.05) is 6.42 Å². The molecule has 2 atom stereocenters. The van der Waals surface area contributed by atoms with Crippen molar-refractivity contribution in [3.05, 3.63) is 0 Å². The monoisotopic (exact) mass is 295 g/mol. The molecule has 0 radical (unpaired) electrons. The third-order valence-corrected chi connectivity index (χ3v) is 5.66. The van der Waals surface area contributed by atoms with Crippen molar-refractivity contribution in [3.8, 4) is 0 Å². The van der Waals surface area contributed by atoms with Gasteiger partial charge in [-0.2, -0.15) is 0 Å². The first-order valence-electron chi connectivity index (χ1n) is 8.52. The van der Waals surface area contributed by atoms with Crippen LogP contribution in [0.25, 0.3) is 0 Å². The van der Waals surface area contributed by atoms with Gasteiger partial charge in [0.15, 0.2) is 0 Å². The molecule has 5 nitrogen and oxygen atoms in total. The maximum absolute atomic E-state index is 12.0. The van der Waals surface area contributed by atoms with Crippen LogP contribution in [0.5, 0.6) is 0 Å². The number of likely N-dealkylation sites (N-methyl/N-ethyl adjacent to an activating group) is 1. The standard InChI is InChI=1S/C16H29N3O2/c1-3-21-14-11-13(16(14)7-4-8-16)18-15(20)17-9-10-19(2)12-5-6-12/h12-14H,3-11H2,1-2H3,(H2,17,18,20)/t13-,14+/m1/s1. The summed E-state index contributed by atoms with van der Waals surface area (Å²) in [5.41, 5.74) is 0.248. The van der Waals surface area contributed by atoms with E-state index in [1.54, 1.807) is 0 Å². The molecule has 5 heteroatoms. The van der Waals surface area contributed by atoms with Crippen LogP contribution in [-0.2, 0) is 4.74 Å². The zero-order valence-electron chi connectivity index (χ0n) is 13.4. The Bertz CT molecular complexity index is 380. The second kappa shape index (κ2) is 6.13. The third kappa shape index (κ3) is 3.04. The number of carbonyl (C=O) groups excluding carboxylic acids is 1. The van der Waals surface area contributed by atoms with Gasteiger partial charge in [0.1, 0.15) is 0 Å². The quantitative estimate of drug-likeness (QED) is 0.752. The van der Waals surface area contributed by atoms with Crippen LogP contribution < -0.4 is 10.6 Å². The van der Waals surface area contributed by atoms with E-state index in [4.69, 9.17) is 4.74 Å². The predicted octanol–water partition coefficient (Wildman–Crippen LogP) is 1.73. The van der Waals surface area contributed by atoms with E-state index >= 15 is 0 Å². The summed E-state index contributed by atoms with van der Waals surface area (Å²) in [4.78, 5) is 14.4. The lowest BCUT2D eigenvalue weighted by atomic mass is 9.51. The van der Waals surface area contributed by atoms with Gasteiger partial charge in [0.05, 0.1) is 6.10 Å². The summed E-state index contributed by atoms with van der Waals surface area (Å²) in [6.07, 6.45) is 7.64. The van der Waals surface area contributed by atoms with Gasteiger partial charge in [-0.25, -0.2) is 4.79 Å². The van der Waals surface area contributed by atoms with Crippen LogP contribution >= 0.6 is 0 Å². The lowest BCUT2D eigenvalue weighted by molar-refractivity contribution is -0.169. The Kier molecular flexibility index (Phi) is 4.41. The highest BCUT2D eigenvalue weighted by Gasteiger charge is 2.59. The maximum atomic E-state index is 12.0. The molecule has 3 aliphatic carbocycles.